The van der Waals surface area contributed by atoms with Crippen LogP contribution in [0, 0.1) is 0 Å². The predicted octanol–water partition coefficient (Wildman–Crippen LogP) is 10.3. The number of aldehydes is 1. The number of nitrogens with one attached hydrogen (secondary N) is 2. The molecular weight excluding hydrogens is 1660 g/mol. The van der Waals surface area contributed by atoms with Crippen molar-refractivity contribution in [3.8, 4) is 69.0 Å². The van der Waals surface area contributed by atoms with E-state index in [2.05, 4.69) is 46.3 Å². The summed E-state index contributed by atoms with van der Waals surface area (Å²) in [5, 5.41) is 22.1. The van der Waals surface area contributed by atoms with Gasteiger partial charge in [0, 0.05) is 66.2 Å². The van der Waals surface area contributed by atoms with Crippen LogP contribution in [0.2, 0.25) is 0 Å². The third kappa shape index (κ3) is 54.6. The van der Waals surface area contributed by atoms with Gasteiger partial charge in [-0.25, -0.2) is 24.0 Å². The Labute approximate surface area is 767 Å². The summed E-state index contributed by atoms with van der Waals surface area (Å²) in [5.74, 6) is 11.4. The number of ether oxygens (including phenoxy) is 16. The molecule has 2 aromatic heterocycles. The van der Waals surface area contributed by atoms with Crippen molar-refractivity contribution in [2.75, 3.05) is 112 Å². The molecule has 0 saturated carbocycles. The molecule has 0 atom stereocenters. The summed E-state index contributed by atoms with van der Waals surface area (Å²) in [4.78, 5) is 119. The van der Waals surface area contributed by atoms with E-state index in [1.807, 2.05) is 66.7 Å². The first-order valence-electron chi connectivity index (χ1n) is 37.7. The van der Waals surface area contributed by atoms with Crippen molar-refractivity contribution in [2.45, 2.75) is 135 Å². The Morgan fingerprint density at radius 3 is 0.906 bits per heavy atom. The minimum Gasteiger partial charge on any atom is -0.870 e. The number of methoxy groups -OCH3 is 12. The molecule has 127 heavy (non-hydrogen) atoms. The molecule has 0 saturated heterocycles. The van der Waals surface area contributed by atoms with Gasteiger partial charge in [0.15, 0.2) is 17.2 Å². The van der Waals surface area contributed by atoms with E-state index in [9.17, 15) is 52.7 Å². The number of H-pyrrole nitrogens is 2. The maximum Gasteiger partial charge on any atom is 1.00 e. The van der Waals surface area contributed by atoms with Gasteiger partial charge in [-0.05, 0) is 213 Å². The van der Waals surface area contributed by atoms with Crippen molar-refractivity contribution in [1.82, 2.24) is 20.4 Å². The van der Waals surface area contributed by atoms with Crippen LogP contribution < -0.4 is 98.1 Å². The van der Waals surface area contributed by atoms with Crippen LogP contribution in [0.4, 0.5) is 0 Å². The van der Waals surface area contributed by atoms with Gasteiger partial charge in [0.05, 0.1) is 118 Å². The van der Waals surface area contributed by atoms with Gasteiger partial charge >= 0.3 is 59.4 Å². The van der Waals surface area contributed by atoms with Crippen LogP contribution in [-0.4, -0.2) is 208 Å². The Morgan fingerprint density at radius 1 is 0.370 bits per heavy atom. The molecular formula is C91H129N6NaO29. The number of Topliss-reactive ketones (excluding diaryl/α,β-unsaturated/α-hetero) is 4. The van der Waals surface area contributed by atoms with Crippen molar-refractivity contribution in [2.24, 2.45) is 11.7 Å². The zero-order chi connectivity index (χ0) is 92.1. The van der Waals surface area contributed by atoms with Crippen molar-refractivity contribution in [3.63, 3.8) is 0 Å². The van der Waals surface area contributed by atoms with Gasteiger partial charge in [-0.15, -0.1) is 0 Å². The number of carbonyl (C=O) groups is 11. The number of allylic oxidation sites excluding steroid dienone is 1. The number of rotatable bonds is 36. The number of ketones is 5. The maximum absolute atomic E-state index is 11.8. The third-order valence-corrected chi connectivity index (χ3v) is 15.4. The van der Waals surface area contributed by atoms with E-state index in [1.54, 1.807) is 181 Å². The number of aryl methyl sites for hydroxylation is 6. The number of aromatic amines is 2. The number of carboxylic acids is 1. The first-order valence-corrected chi connectivity index (χ1v) is 37.7. The number of hydrogen-bond donors (Lipinski definition) is 5. The van der Waals surface area contributed by atoms with E-state index in [0.717, 1.165) is 106 Å². The number of hydrazine groups is 1. The molecule has 8 rings (SSSR count). The smallest absolute Gasteiger partial charge is 0.870 e. The number of aromatic carboxylic acids is 1. The molecule has 36 heteroatoms. The van der Waals surface area contributed by atoms with Crippen molar-refractivity contribution in [1.29, 1.82) is 0 Å². The molecule has 8 N–H and O–H groups in total. The fourth-order valence-electron chi connectivity index (χ4n) is 9.57. The quantitative estimate of drug-likeness (QED) is 0.00280. The van der Waals surface area contributed by atoms with E-state index in [-0.39, 0.29) is 112 Å². The first-order chi connectivity index (χ1) is 58.3. The average Bonchev–Trinajstić information content (AvgIpc) is 1.85. The van der Waals surface area contributed by atoms with Crippen LogP contribution in [-0.2, 0) is 95.8 Å². The van der Waals surface area contributed by atoms with E-state index in [1.165, 1.54) is 26.8 Å². The summed E-state index contributed by atoms with van der Waals surface area (Å²) in [6.45, 7) is 13.6. The van der Waals surface area contributed by atoms with Crippen LogP contribution in [0.3, 0.4) is 0 Å². The Morgan fingerprint density at radius 2 is 0.638 bits per heavy atom. The first kappa shape index (κ1) is 125. The minimum absolute atomic E-state index is 0. The van der Waals surface area contributed by atoms with Gasteiger partial charge in [-0.3, -0.25) is 41.1 Å². The fraction of sp³-hybridized carbons (Fsp3) is 0.396. The SMILES string of the molecule is C.C.C.CC(C)=O.CCOC(=O)C(=O)CC(=O)CCc1cc(OC)cc(OC)c1.CCOC(=O)C(=O)OCC.CCOC(=O)c1cc(CCc2cc(OC)cc(OC)c2)[nH]n1.COc1cc(/C=C/C(C)=O)cc(OC)c1.COc1cc(C=O)cc(OC)c1.COc1cc(CCC(C)=O)cc(OC)c1.COc1cc(CCc2cc(C(=O)O)n[nH]2)cc(OC)c1.NN.[Na+].[OH-]. The van der Waals surface area contributed by atoms with E-state index >= 15 is 0 Å². The Hall–Kier alpha value is -12.7. The summed E-state index contributed by atoms with van der Waals surface area (Å²) in [7, 11) is 19.0. The second-order valence-electron chi connectivity index (χ2n) is 24.7. The Kier molecular flexibility index (Phi) is 72.6. The molecule has 0 radical (unpaired) electrons. The summed E-state index contributed by atoms with van der Waals surface area (Å²) in [5.41, 5.74) is 7.47. The number of benzene rings is 6. The molecule has 6 aromatic carbocycles. The third-order valence-electron chi connectivity index (χ3n) is 15.4. The van der Waals surface area contributed by atoms with Crippen LogP contribution >= 0.6 is 0 Å². The maximum atomic E-state index is 11.8. The van der Waals surface area contributed by atoms with Gasteiger partial charge in [0.2, 0.25) is 5.78 Å². The van der Waals surface area contributed by atoms with E-state index in [0.29, 0.717) is 71.6 Å². The molecule has 0 fully saturated rings. The van der Waals surface area contributed by atoms with Gasteiger partial charge in [-0.2, -0.15) is 10.2 Å². The number of esters is 4. The summed E-state index contributed by atoms with van der Waals surface area (Å²) >= 11 is 0. The zero-order valence-corrected chi connectivity index (χ0v) is 76.4. The van der Waals surface area contributed by atoms with E-state index in [4.69, 9.17) is 66.7 Å². The number of nitrogens with zero attached hydrogens (tertiary/aromatic N) is 2. The van der Waals surface area contributed by atoms with E-state index < -0.39 is 42.1 Å². The Bertz CT molecular complexity index is 4430. The molecule has 35 nitrogen and oxygen atoms in total. The molecule has 8 aromatic rings. The minimum atomic E-state index is -1.03. The predicted molar refractivity (Wildman–Crippen MR) is 476 cm³/mol. The Balaban J connectivity index is -0.000000335. The monoisotopic (exact) mass is 1790 g/mol. The van der Waals surface area contributed by atoms with Crippen molar-refractivity contribution < 1.29 is 169 Å². The molecule has 2 heterocycles. The van der Waals surface area contributed by atoms with Crippen LogP contribution in [0.15, 0.2) is 127 Å². The van der Waals surface area contributed by atoms with Crippen LogP contribution in [0.5, 0.6) is 69.0 Å². The number of hydrogen-bond acceptors (Lipinski definition) is 32. The second-order valence-corrected chi connectivity index (χ2v) is 24.7. The van der Waals surface area contributed by atoms with Crippen molar-refractivity contribution in [3.05, 3.63) is 184 Å². The molecule has 0 aliphatic heterocycles. The summed E-state index contributed by atoms with van der Waals surface area (Å²) < 4.78 is 79.8. The molecule has 0 bridgehead atoms. The van der Waals surface area contributed by atoms with Crippen LogP contribution in [0.1, 0.15) is 167 Å². The molecule has 0 aliphatic rings. The van der Waals surface area contributed by atoms with Gasteiger partial charge in [0.25, 0.3) is 0 Å². The number of aromatic nitrogens is 4. The van der Waals surface area contributed by atoms with Crippen LogP contribution in [0.25, 0.3) is 6.08 Å². The van der Waals surface area contributed by atoms with Gasteiger partial charge in [0.1, 0.15) is 92.6 Å². The summed E-state index contributed by atoms with van der Waals surface area (Å²) in [6, 6.07) is 36.1. The normalized spacial score (nSPS) is 9.31. The molecule has 0 amide bonds. The average molecular weight is 1790 g/mol. The topological polar surface area (TPSA) is 495 Å². The standard InChI is InChI=1S/C16H20N2O4.C16H20O6.C14H16N2O4.C12H16O3.C12H14O3.C9H10O3.C6H10O4.C3H6O.3CH4.H4N2.Na.H2O/c1-4-22-16(19)15-9-12(17-18-15)6-5-11-7-13(20-2)10-14(8-11)21-3;1-4-22-16(19)15(18)9-12(17)6-5-11-7-13(20-2)10-14(8-11)21-3;1-19-11-5-9(6-12(8-11)20-2)3-4-10-7-13(14(17)18)16-15-10;2*1-9(13)4-5-10-6-11(14-2)8-12(7-10)15-3;1-11-8-3-7(6-10)4-9(5-8)12-2;1-3-9-5(7)6(8)10-4-2;1-3(2)4;;;;1-2;;/h7-10H,4-6H2,1-3H3,(H,17,18);7-8,10H,4-6,9H2,1-3H3;5-8H,3-4H2,1-2H3,(H,15,16)(H,17,18);6-8H,4-5H2,1-3H3;4-8H,1-3H3;3-6H,1-2H3;3-4H2,1-2H3;1-2H3;3*1H4;1-2H2;;1H2/q;;;;;;;;;;;;+1;/p-1/b;;;;5-4+;;;;;;;;;. The molecule has 0 spiro atoms. The number of nitrogens with two attached hydrogens (primary N) is 2. The molecule has 698 valence electrons. The number of carbonyl (C=O) groups excluding carboxylic acids is 10. The second kappa shape index (κ2) is 73.7. The number of carboxylic acid groups (broad SMARTS) is 1. The molecule has 0 aliphatic carbocycles. The zero-order valence-electron chi connectivity index (χ0n) is 74.4. The summed E-state index contributed by atoms with van der Waals surface area (Å²) in [6.07, 6.45) is 8.32. The van der Waals surface area contributed by atoms with Crippen molar-refractivity contribution >= 4 is 71.1 Å². The van der Waals surface area contributed by atoms with Gasteiger partial charge < -0.3 is 96.0 Å². The van der Waals surface area contributed by atoms with Gasteiger partial charge in [-0.1, -0.05) is 28.4 Å². The largest absolute Gasteiger partial charge is 1.00 e. The fourth-order valence-corrected chi connectivity index (χ4v) is 9.57. The molecule has 0 unspecified atom stereocenters.